The van der Waals surface area contributed by atoms with Crippen molar-refractivity contribution < 1.29 is 9.53 Å². The highest BCUT2D eigenvalue weighted by Crippen LogP contribution is 2.06. The smallest absolute Gasteiger partial charge is 0.333 e. The summed E-state index contributed by atoms with van der Waals surface area (Å²) in [6, 6.07) is 0.222. The lowest BCUT2D eigenvalue weighted by molar-refractivity contribution is -0.138. The van der Waals surface area contributed by atoms with Gasteiger partial charge in [0.2, 0.25) is 0 Å². The summed E-state index contributed by atoms with van der Waals surface area (Å²) in [6.45, 7) is 8.23. The van der Waals surface area contributed by atoms with Crippen LogP contribution in [-0.2, 0) is 9.53 Å². The van der Waals surface area contributed by atoms with E-state index in [-0.39, 0.29) is 24.4 Å². The van der Waals surface area contributed by atoms with Crippen LogP contribution in [0.2, 0.25) is 0 Å². The van der Waals surface area contributed by atoms with Gasteiger partial charge in [-0.05, 0) is 26.8 Å². The van der Waals surface area contributed by atoms with Gasteiger partial charge in [-0.25, -0.2) is 4.79 Å². The number of carbonyl (C=O) groups excluding carboxylic acids is 1. The molecule has 90 valence electrons. The average molecular weight is 236 g/mol. The van der Waals surface area contributed by atoms with Crippen molar-refractivity contribution in [1.29, 1.82) is 0 Å². The zero-order valence-electron chi connectivity index (χ0n) is 10.2. The topological polar surface area (TPSA) is 38.3 Å². The van der Waals surface area contributed by atoms with E-state index in [1.54, 1.807) is 6.92 Å². The van der Waals surface area contributed by atoms with E-state index < -0.39 is 0 Å². The summed E-state index contributed by atoms with van der Waals surface area (Å²) in [5.41, 5.74) is 0.667. The van der Waals surface area contributed by atoms with Gasteiger partial charge < -0.3 is 10.1 Å². The van der Waals surface area contributed by atoms with E-state index in [4.69, 9.17) is 4.74 Å². The summed E-state index contributed by atoms with van der Waals surface area (Å²) in [6.07, 6.45) is 1.92. The van der Waals surface area contributed by atoms with E-state index in [1.165, 1.54) is 0 Å². The Morgan fingerprint density at radius 2 is 2.00 bits per heavy atom. The summed E-state index contributed by atoms with van der Waals surface area (Å²) < 4.78 is 4.89. The highest BCUT2D eigenvalue weighted by molar-refractivity contribution is 5.87. The SMILES string of the molecule is CCOC(=O)/C(C)=C/[C@@H](NC)C(C)C.Cl. The van der Waals surface area contributed by atoms with Crippen molar-refractivity contribution in [2.75, 3.05) is 13.7 Å². The van der Waals surface area contributed by atoms with E-state index >= 15 is 0 Å². The zero-order chi connectivity index (χ0) is 11.1. The first-order valence-corrected chi connectivity index (χ1v) is 5.05. The second-order valence-corrected chi connectivity index (χ2v) is 3.63. The molecule has 0 saturated heterocycles. The van der Waals surface area contributed by atoms with Crippen molar-refractivity contribution in [3.05, 3.63) is 11.6 Å². The predicted octanol–water partition coefficient (Wildman–Crippen LogP) is 2.16. The van der Waals surface area contributed by atoms with Crippen molar-refractivity contribution in [1.82, 2.24) is 5.32 Å². The molecule has 0 bridgehead atoms. The van der Waals surface area contributed by atoms with Crippen molar-refractivity contribution in [2.45, 2.75) is 33.7 Å². The van der Waals surface area contributed by atoms with E-state index in [0.717, 1.165) is 0 Å². The molecule has 0 amide bonds. The maximum Gasteiger partial charge on any atom is 0.333 e. The van der Waals surface area contributed by atoms with Gasteiger partial charge in [0.1, 0.15) is 0 Å². The van der Waals surface area contributed by atoms with Crippen molar-refractivity contribution in [3.63, 3.8) is 0 Å². The summed E-state index contributed by atoms with van der Waals surface area (Å²) in [5.74, 6) is 0.234. The number of halogens is 1. The zero-order valence-corrected chi connectivity index (χ0v) is 11.0. The third kappa shape index (κ3) is 6.52. The summed E-state index contributed by atoms with van der Waals surface area (Å²) in [7, 11) is 1.89. The Balaban J connectivity index is 0. The Hall–Kier alpha value is -0.540. The summed E-state index contributed by atoms with van der Waals surface area (Å²) >= 11 is 0. The molecule has 4 heteroatoms. The highest BCUT2D eigenvalue weighted by Gasteiger charge is 2.11. The number of ether oxygens (including phenoxy) is 1. The van der Waals surface area contributed by atoms with Crippen molar-refractivity contribution in [3.8, 4) is 0 Å². The minimum absolute atomic E-state index is 0. The Kier molecular flexibility index (Phi) is 9.84. The minimum Gasteiger partial charge on any atom is -0.463 e. The molecule has 0 aliphatic heterocycles. The molecular weight excluding hydrogens is 214 g/mol. The van der Waals surface area contributed by atoms with Gasteiger partial charge in [-0.15, -0.1) is 12.4 Å². The second-order valence-electron chi connectivity index (χ2n) is 3.63. The third-order valence-corrected chi connectivity index (χ3v) is 2.08. The number of carbonyl (C=O) groups is 1. The Labute approximate surface area is 98.7 Å². The molecule has 0 aliphatic rings. The first-order valence-electron chi connectivity index (χ1n) is 5.05. The van der Waals surface area contributed by atoms with E-state index in [9.17, 15) is 4.79 Å². The number of esters is 1. The fourth-order valence-corrected chi connectivity index (χ4v) is 1.19. The molecule has 1 atom stereocenters. The van der Waals surface area contributed by atoms with Crippen LogP contribution in [0.3, 0.4) is 0 Å². The lowest BCUT2D eigenvalue weighted by atomic mass is 10.0. The third-order valence-electron chi connectivity index (χ3n) is 2.08. The molecule has 0 spiro atoms. The van der Waals surface area contributed by atoms with Gasteiger partial charge in [-0.3, -0.25) is 0 Å². The van der Waals surface area contributed by atoms with Crippen LogP contribution in [0.4, 0.5) is 0 Å². The predicted molar refractivity (Wildman–Crippen MR) is 65.3 cm³/mol. The van der Waals surface area contributed by atoms with Gasteiger partial charge in [-0.1, -0.05) is 19.9 Å². The maximum absolute atomic E-state index is 11.3. The molecule has 0 aliphatic carbocycles. The lowest BCUT2D eigenvalue weighted by Crippen LogP contribution is -2.29. The maximum atomic E-state index is 11.3. The van der Waals surface area contributed by atoms with Gasteiger partial charge >= 0.3 is 5.97 Å². The molecule has 1 N–H and O–H groups in total. The first kappa shape index (κ1) is 16.9. The monoisotopic (exact) mass is 235 g/mol. The lowest BCUT2D eigenvalue weighted by Gasteiger charge is -2.16. The molecule has 0 heterocycles. The molecule has 0 aromatic rings. The van der Waals surface area contributed by atoms with Crippen LogP contribution in [0.15, 0.2) is 11.6 Å². The molecule has 15 heavy (non-hydrogen) atoms. The second kappa shape index (κ2) is 8.74. The standard InChI is InChI=1S/C11H21NO2.ClH/c1-6-14-11(13)9(4)7-10(12-5)8(2)3;/h7-8,10,12H,6H2,1-5H3;1H/b9-7+;/t10-;/m1./s1. The van der Waals surface area contributed by atoms with Crippen LogP contribution in [-0.4, -0.2) is 25.7 Å². The Morgan fingerprint density at radius 3 is 2.33 bits per heavy atom. The van der Waals surface area contributed by atoms with Crippen LogP contribution >= 0.6 is 12.4 Å². The molecule has 0 rings (SSSR count). The number of hydrogen-bond acceptors (Lipinski definition) is 3. The molecule has 0 fully saturated rings. The molecule has 0 radical (unpaired) electrons. The quantitative estimate of drug-likeness (QED) is 0.586. The molecule has 0 unspecified atom stereocenters. The minimum atomic E-state index is -0.228. The van der Waals surface area contributed by atoms with Crippen molar-refractivity contribution >= 4 is 18.4 Å². The molecule has 0 saturated carbocycles. The van der Waals surface area contributed by atoms with Crippen LogP contribution in [0.25, 0.3) is 0 Å². The van der Waals surface area contributed by atoms with Gasteiger partial charge in [0, 0.05) is 11.6 Å². The highest BCUT2D eigenvalue weighted by atomic mass is 35.5. The van der Waals surface area contributed by atoms with Gasteiger partial charge in [0.05, 0.1) is 6.61 Å². The van der Waals surface area contributed by atoms with Gasteiger partial charge in [0.25, 0.3) is 0 Å². The number of nitrogens with one attached hydrogen (secondary N) is 1. The summed E-state index contributed by atoms with van der Waals surface area (Å²) in [4.78, 5) is 11.3. The van der Waals surface area contributed by atoms with Gasteiger partial charge in [0.15, 0.2) is 0 Å². The van der Waals surface area contributed by atoms with Crippen LogP contribution in [0.5, 0.6) is 0 Å². The Morgan fingerprint density at radius 1 is 1.47 bits per heavy atom. The first-order chi connectivity index (χ1) is 6.52. The van der Waals surface area contributed by atoms with E-state index in [2.05, 4.69) is 19.2 Å². The number of hydrogen-bond donors (Lipinski definition) is 1. The molecule has 3 nitrogen and oxygen atoms in total. The van der Waals surface area contributed by atoms with Crippen LogP contribution < -0.4 is 5.32 Å². The van der Waals surface area contributed by atoms with Crippen LogP contribution in [0, 0.1) is 5.92 Å². The molecule has 0 aromatic heterocycles. The number of likely N-dealkylation sites (N-methyl/N-ethyl adjacent to an activating group) is 1. The average Bonchev–Trinajstić information content (AvgIpc) is 2.13. The number of rotatable bonds is 5. The fourth-order valence-electron chi connectivity index (χ4n) is 1.19. The van der Waals surface area contributed by atoms with E-state index in [1.807, 2.05) is 20.0 Å². The van der Waals surface area contributed by atoms with Crippen LogP contribution in [0.1, 0.15) is 27.7 Å². The fraction of sp³-hybridized carbons (Fsp3) is 0.727. The van der Waals surface area contributed by atoms with E-state index in [0.29, 0.717) is 18.1 Å². The largest absolute Gasteiger partial charge is 0.463 e. The van der Waals surface area contributed by atoms with Gasteiger partial charge in [-0.2, -0.15) is 0 Å². The molecular formula is C11H22ClNO2. The van der Waals surface area contributed by atoms with Crippen molar-refractivity contribution in [2.24, 2.45) is 5.92 Å². The molecule has 0 aromatic carbocycles. The summed E-state index contributed by atoms with van der Waals surface area (Å²) in [5, 5.41) is 3.15. The Bertz CT molecular complexity index is 215. The normalized spacial score (nSPS) is 13.3.